The van der Waals surface area contributed by atoms with Crippen molar-refractivity contribution in [3.63, 3.8) is 0 Å². The van der Waals surface area contributed by atoms with Gasteiger partial charge in [-0.15, -0.1) is 0 Å². The number of nitrogens with zero attached hydrogens (tertiary/aromatic N) is 3. The molecule has 1 aromatic heterocycles. The number of aromatic nitrogens is 1. The van der Waals surface area contributed by atoms with E-state index in [1.165, 1.54) is 0 Å². The normalized spacial score (nSPS) is 19.8. The van der Waals surface area contributed by atoms with Crippen LogP contribution in [-0.4, -0.2) is 65.0 Å². The average molecular weight is 452 g/mol. The molecule has 0 aliphatic carbocycles. The number of hydrogen-bond acceptors (Lipinski definition) is 6. The maximum Gasteiger partial charge on any atom is 0.323 e. The van der Waals surface area contributed by atoms with Crippen LogP contribution in [0.25, 0.3) is 0 Å². The number of likely N-dealkylation sites (tertiary alicyclic amines) is 2. The van der Waals surface area contributed by atoms with E-state index in [2.05, 4.69) is 22.0 Å². The van der Waals surface area contributed by atoms with Crippen LogP contribution in [0.3, 0.4) is 0 Å². The molecule has 1 atom stereocenters. The molecule has 0 saturated carbocycles. The fourth-order valence-electron chi connectivity index (χ4n) is 4.66. The third-order valence-corrected chi connectivity index (χ3v) is 6.37. The summed E-state index contributed by atoms with van der Waals surface area (Å²) in [7, 11) is 0. The van der Waals surface area contributed by atoms with Crippen molar-refractivity contribution >= 4 is 11.9 Å². The van der Waals surface area contributed by atoms with E-state index in [-0.39, 0.29) is 24.0 Å². The molecule has 1 aromatic carbocycles. The number of ether oxygens (including phenoxy) is 2. The molecule has 1 amide bonds. The smallest absolute Gasteiger partial charge is 0.323 e. The zero-order chi connectivity index (χ0) is 23.0. The number of rotatable bonds is 7. The minimum atomic E-state index is -0.163. The summed E-state index contributed by atoms with van der Waals surface area (Å²) < 4.78 is 11.6. The van der Waals surface area contributed by atoms with Crippen molar-refractivity contribution in [3.05, 3.63) is 59.9 Å². The Morgan fingerprint density at radius 2 is 1.88 bits per heavy atom. The number of hydrogen-bond donors (Lipinski definition) is 0. The molecule has 2 aromatic rings. The van der Waals surface area contributed by atoms with Gasteiger partial charge < -0.3 is 14.4 Å². The summed E-state index contributed by atoms with van der Waals surface area (Å²) in [5, 5.41) is 0. The van der Waals surface area contributed by atoms with Crippen LogP contribution >= 0.6 is 0 Å². The van der Waals surface area contributed by atoms with E-state index in [0.717, 1.165) is 50.0 Å². The molecule has 2 aliphatic heterocycles. The second-order valence-corrected chi connectivity index (χ2v) is 8.71. The first-order valence-electron chi connectivity index (χ1n) is 12.0. The summed E-state index contributed by atoms with van der Waals surface area (Å²) in [4.78, 5) is 33.2. The van der Waals surface area contributed by atoms with Crippen molar-refractivity contribution in [3.8, 4) is 5.75 Å². The number of carbonyl (C=O) groups is 2. The van der Waals surface area contributed by atoms with Gasteiger partial charge in [0.1, 0.15) is 23.6 Å². The molecule has 0 unspecified atom stereocenters. The van der Waals surface area contributed by atoms with Crippen molar-refractivity contribution in [2.24, 2.45) is 0 Å². The highest BCUT2D eigenvalue weighted by Crippen LogP contribution is 2.24. The number of esters is 1. The Labute approximate surface area is 195 Å². The number of piperidine rings is 2. The first kappa shape index (κ1) is 23.2. The largest absolute Gasteiger partial charge is 0.490 e. The van der Waals surface area contributed by atoms with Gasteiger partial charge in [-0.05, 0) is 56.1 Å². The van der Waals surface area contributed by atoms with Gasteiger partial charge in [0.15, 0.2) is 0 Å². The van der Waals surface area contributed by atoms with Crippen molar-refractivity contribution in [1.29, 1.82) is 0 Å². The highest BCUT2D eigenvalue weighted by molar-refractivity contribution is 5.92. The second-order valence-electron chi connectivity index (χ2n) is 8.71. The van der Waals surface area contributed by atoms with Gasteiger partial charge in [0.05, 0.1) is 6.61 Å². The Morgan fingerprint density at radius 3 is 2.64 bits per heavy atom. The molecule has 176 valence electrons. The standard InChI is InChI=1S/C26H33N3O4/c1-2-32-26(31)24-11-4-6-15-29(24)19-20-8-7-9-22(18-20)33-21-12-16-28(17-13-21)25(30)23-10-3-5-14-27-23/h3,5,7-10,14,18,21,24H,2,4,6,11-13,15-17,19H2,1H3/t24-/m0/s1. The van der Waals surface area contributed by atoms with Gasteiger partial charge in [-0.1, -0.05) is 24.6 Å². The number of amides is 1. The Hall–Kier alpha value is -2.93. The zero-order valence-corrected chi connectivity index (χ0v) is 19.3. The molecule has 2 saturated heterocycles. The predicted molar refractivity (Wildman–Crippen MR) is 125 cm³/mol. The molecule has 0 spiro atoms. The minimum absolute atomic E-state index is 0.0197. The third kappa shape index (κ3) is 6.11. The second kappa shape index (κ2) is 11.3. The van der Waals surface area contributed by atoms with E-state index in [1.807, 2.05) is 36.1 Å². The van der Waals surface area contributed by atoms with Crippen LogP contribution in [-0.2, 0) is 16.1 Å². The molecular weight excluding hydrogens is 418 g/mol. The summed E-state index contributed by atoms with van der Waals surface area (Å²) in [5.74, 6) is 0.706. The van der Waals surface area contributed by atoms with Crippen molar-refractivity contribution < 1.29 is 19.1 Å². The highest BCUT2D eigenvalue weighted by Gasteiger charge is 2.30. The fourth-order valence-corrected chi connectivity index (χ4v) is 4.66. The summed E-state index contributed by atoms with van der Waals surface area (Å²) in [5.41, 5.74) is 1.62. The lowest BCUT2D eigenvalue weighted by atomic mass is 10.0. The Balaban J connectivity index is 1.31. The first-order chi connectivity index (χ1) is 16.1. The lowest BCUT2D eigenvalue weighted by Crippen LogP contribution is -2.44. The Morgan fingerprint density at radius 1 is 1.03 bits per heavy atom. The van der Waals surface area contributed by atoms with Gasteiger partial charge in [-0.25, -0.2) is 0 Å². The molecular formula is C26H33N3O4. The van der Waals surface area contributed by atoms with Crippen LogP contribution in [0.1, 0.15) is 55.1 Å². The topological polar surface area (TPSA) is 72.0 Å². The van der Waals surface area contributed by atoms with E-state index < -0.39 is 0 Å². The molecule has 2 aliphatic rings. The van der Waals surface area contributed by atoms with E-state index in [9.17, 15) is 9.59 Å². The van der Waals surface area contributed by atoms with E-state index in [4.69, 9.17) is 9.47 Å². The van der Waals surface area contributed by atoms with Gasteiger partial charge in [0, 0.05) is 38.7 Å². The Kier molecular flexibility index (Phi) is 7.94. The molecule has 7 nitrogen and oxygen atoms in total. The summed E-state index contributed by atoms with van der Waals surface area (Å²) >= 11 is 0. The maximum atomic E-state index is 12.6. The molecule has 3 heterocycles. The lowest BCUT2D eigenvalue weighted by molar-refractivity contribution is -0.151. The van der Waals surface area contributed by atoms with Crippen LogP contribution in [0.15, 0.2) is 48.7 Å². The SMILES string of the molecule is CCOC(=O)[C@@H]1CCCCN1Cc1cccc(OC2CCN(C(=O)c3ccccn3)CC2)c1. The fraction of sp³-hybridized carbons (Fsp3) is 0.500. The maximum absolute atomic E-state index is 12.6. The van der Waals surface area contributed by atoms with Gasteiger partial charge in [0.2, 0.25) is 0 Å². The summed E-state index contributed by atoms with van der Waals surface area (Å²) in [6.45, 7) is 5.20. The molecule has 7 heteroatoms. The van der Waals surface area contributed by atoms with Gasteiger partial charge >= 0.3 is 5.97 Å². The van der Waals surface area contributed by atoms with E-state index >= 15 is 0 Å². The van der Waals surface area contributed by atoms with Crippen LogP contribution in [0.5, 0.6) is 5.75 Å². The average Bonchev–Trinajstić information content (AvgIpc) is 2.85. The molecule has 33 heavy (non-hydrogen) atoms. The highest BCUT2D eigenvalue weighted by atomic mass is 16.5. The number of pyridine rings is 1. The van der Waals surface area contributed by atoms with Gasteiger partial charge in [0.25, 0.3) is 5.91 Å². The first-order valence-corrected chi connectivity index (χ1v) is 12.0. The summed E-state index contributed by atoms with van der Waals surface area (Å²) in [6.07, 6.45) is 6.32. The van der Waals surface area contributed by atoms with Crippen LogP contribution < -0.4 is 4.74 Å². The molecule has 0 radical (unpaired) electrons. The molecule has 2 fully saturated rings. The zero-order valence-electron chi connectivity index (χ0n) is 19.3. The lowest BCUT2D eigenvalue weighted by Gasteiger charge is -2.34. The van der Waals surface area contributed by atoms with Gasteiger partial charge in [-0.3, -0.25) is 19.5 Å². The van der Waals surface area contributed by atoms with Crippen LogP contribution in [0, 0.1) is 0 Å². The molecule has 4 rings (SSSR count). The quantitative estimate of drug-likeness (QED) is 0.598. The predicted octanol–water partition coefficient (Wildman–Crippen LogP) is 3.68. The molecule has 0 N–H and O–H groups in total. The van der Waals surface area contributed by atoms with Crippen LogP contribution in [0.2, 0.25) is 0 Å². The van der Waals surface area contributed by atoms with Crippen molar-refractivity contribution in [1.82, 2.24) is 14.8 Å². The van der Waals surface area contributed by atoms with Gasteiger partial charge in [-0.2, -0.15) is 0 Å². The monoisotopic (exact) mass is 451 g/mol. The minimum Gasteiger partial charge on any atom is -0.490 e. The summed E-state index contributed by atoms with van der Waals surface area (Å²) in [6, 6.07) is 13.4. The van der Waals surface area contributed by atoms with Crippen molar-refractivity contribution in [2.75, 3.05) is 26.2 Å². The molecule has 0 bridgehead atoms. The third-order valence-electron chi connectivity index (χ3n) is 6.37. The van der Waals surface area contributed by atoms with E-state index in [0.29, 0.717) is 31.9 Å². The van der Waals surface area contributed by atoms with Crippen molar-refractivity contribution in [2.45, 2.75) is 57.7 Å². The Bertz CT molecular complexity index is 928. The van der Waals surface area contributed by atoms with Crippen LogP contribution in [0.4, 0.5) is 0 Å². The number of carbonyl (C=O) groups excluding carboxylic acids is 2. The van der Waals surface area contributed by atoms with E-state index in [1.54, 1.807) is 12.3 Å². The number of benzene rings is 1.